The maximum Gasteiger partial charge on any atom is 0.0443 e. The summed E-state index contributed by atoms with van der Waals surface area (Å²) in [5.74, 6) is 0.517. The maximum absolute atomic E-state index is 4.39. The molecule has 0 rings (SSSR count). The second-order valence-corrected chi connectivity index (χ2v) is 4.49. The molecule has 0 aliphatic heterocycles. The molecule has 0 aromatic heterocycles. The smallest absolute Gasteiger partial charge is 0.0443 e. The molecule has 1 N–H and O–H groups in total. The van der Waals surface area contributed by atoms with Crippen LogP contribution in [0.1, 0.15) is 41.5 Å². The van der Waals surface area contributed by atoms with Crippen molar-refractivity contribution in [1.82, 2.24) is 5.32 Å². The first-order valence-corrected chi connectivity index (χ1v) is 5.42. The Labute approximate surface area is 88.5 Å². The molecule has 2 nitrogen and oxygen atoms in total. The average molecular weight is 196 g/mol. The van der Waals surface area contributed by atoms with E-state index in [9.17, 15) is 0 Å². The van der Waals surface area contributed by atoms with E-state index in [1.54, 1.807) is 0 Å². The first-order chi connectivity index (χ1) is 6.43. The second-order valence-electron chi connectivity index (χ2n) is 4.49. The molecule has 0 saturated carbocycles. The predicted octanol–water partition coefficient (Wildman–Crippen LogP) is 3.00. The van der Waals surface area contributed by atoms with Gasteiger partial charge < -0.3 is 5.32 Å². The minimum atomic E-state index is 0.371. The third-order valence-corrected chi connectivity index (χ3v) is 1.77. The Kier molecular flexibility index (Phi) is 6.26. The molecule has 0 radical (unpaired) electrons. The van der Waals surface area contributed by atoms with Gasteiger partial charge in [-0.3, -0.25) is 4.99 Å². The highest BCUT2D eigenvalue weighted by Crippen LogP contribution is 2.06. The van der Waals surface area contributed by atoms with Gasteiger partial charge in [0.15, 0.2) is 0 Å². The minimum Gasteiger partial charge on any atom is -0.388 e. The van der Waals surface area contributed by atoms with Crippen molar-refractivity contribution in [2.24, 2.45) is 10.9 Å². The second kappa shape index (κ2) is 6.63. The van der Waals surface area contributed by atoms with Crippen molar-refractivity contribution in [3.8, 4) is 0 Å². The van der Waals surface area contributed by atoms with Gasteiger partial charge in [0.25, 0.3) is 0 Å². The fourth-order valence-electron chi connectivity index (χ4n) is 0.851. The summed E-state index contributed by atoms with van der Waals surface area (Å²) in [7, 11) is 0. The van der Waals surface area contributed by atoms with Crippen LogP contribution >= 0.6 is 0 Å². The molecule has 0 saturated heterocycles. The zero-order valence-corrected chi connectivity index (χ0v) is 10.3. The fourth-order valence-corrected chi connectivity index (χ4v) is 0.851. The molecule has 0 amide bonds. The van der Waals surface area contributed by atoms with E-state index in [4.69, 9.17) is 0 Å². The first-order valence-electron chi connectivity index (χ1n) is 5.42. The number of hydrogen-bond acceptors (Lipinski definition) is 2. The van der Waals surface area contributed by atoms with Crippen LogP contribution in [0, 0.1) is 5.92 Å². The summed E-state index contributed by atoms with van der Waals surface area (Å²) in [6.07, 6.45) is 4.05. The Morgan fingerprint density at radius 3 is 2.00 bits per heavy atom. The van der Waals surface area contributed by atoms with E-state index in [2.05, 4.69) is 58.1 Å². The molecule has 0 atom stereocenters. The molecule has 0 bridgehead atoms. The van der Waals surface area contributed by atoms with Crippen molar-refractivity contribution in [3.05, 3.63) is 11.8 Å². The summed E-state index contributed by atoms with van der Waals surface area (Å²) < 4.78 is 0. The van der Waals surface area contributed by atoms with Crippen molar-refractivity contribution in [1.29, 1.82) is 0 Å². The number of nitrogens with one attached hydrogen (secondary N) is 1. The van der Waals surface area contributed by atoms with Gasteiger partial charge in [-0.15, -0.1) is 0 Å². The van der Waals surface area contributed by atoms with Gasteiger partial charge in [-0.25, -0.2) is 0 Å². The topological polar surface area (TPSA) is 24.4 Å². The Morgan fingerprint density at radius 2 is 1.64 bits per heavy atom. The van der Waals surface area contributed by atoms with Gasteiger partial charge in [-0.1, -0.05) is 13.8 Å². The fraction of sp³-hybridized carbons (Fsp3) is 0.750. The van der Waals surface area contributed by atoms with Crippen molar-refractivity contribution < 1.29 is 0 Å². The third-order valence-electron chi connectivity index (χ3n) is 1.77. The summed E-state index contributed by atoms with van der Waals surface area (Å²) in [6, 6.07) is 0.854. The predicted molar refractivity (Wildman–Crippen MR) is 64.8 cm³/mol. The Hall–Kier alpha value is -0.790. The summed E-state index contributed by atoms with van der Waals surface area (Å²) in [6.45, 7) is 12.8. The van der Waals surface area contributed by atoms with E-state index < -0.39 is 0 Å². The van der Waals surface area contributed by atoms with E-state index in [0.717, 1.165) is 0 Å². The van der Waals surface area contributed by atoms with Crippen molar-refractivity contribution in [2.45, 2.75) is 53.6 Å². The maximum atomic E-state index is 4.39. The average Bonchev–Trinajstić information content (AvgIpc) is 2.02. The molecule has 0 fully saturated rings. The molecule has 0 heterocycles. The van der Waals surface area contributed by atoms with Crippen LogP contribution in [0.2, 0.25) is 0 Å². The van der Waals surface area contributed by atoms with Gasteiger partial charge in [0.05, 0.1) is 0 Å². The minimum absolute atomic E-state index is 0.371. The number of aliphatic imine (C=N–C) groups is 1. The van der Waals surface area contributed by atoms with Crippen LogP contribution in [0.3, 0.4) is 0 Å². The first kappa shape index (κ1) is 13.2. The molecule has 0 aromatic carbocycles. The molecule has 14 heavy (non-hydrogen) atoms. The van der Waals surface area contributed by atoms with Crippen LogP contribution in [-0.4, -0.2) is 18.3 Å². The van der Waals surface area contributed by atoms with Crippen LogP contribution in [0.5, 0.6) is 0 Å². The lowest BCUT2D eigenvalue weighted by atomic mass is 10.1. The summed E-state index contributed by atoms with van der Waals surface area (Å²) >= 11 is 0. The highest BCUT2D eigenvalue weighted by atomic mass is 14.9. The molecular weight excluding hydrogens is 172 g/mol. The van der Waals surface area contributed by atoms with Crippen molar-refractivity contribution >= 4 is 6.21 Å². The molecule has 0 aliphatic rings. The van der Waals surface area contributed by atoms with Gasteiger partial charge in [0.1, 0.15) is 0 Å². The molecule has 82 valence electrons. The summed E-state index contributed by atoms with van der Waals surface area (Å²) in [5, 5.41) is 3.30. The van der Waals surface area contributed by atoms with E-state index in [0.29, 0.717) is 18.0 Å². The zero-order chi connectivity index (χ0) is 11.1. The number of hydrogen-bond donors (Lipinski definition) is 1. The molecule has 0 unspecified atom stereocenters. The highest BCUT2D eigenvalue weighted by Gasteiger charge is 2.00. The SMILES string of the molecule is CC(C)N=C/C(=C\NC(C)C)C(C)C. The Balaban J connectivity index is 4.36. The number of rotatable bonds is 5. The number of nitrogens with zero attached hydrogens (tertiary/aromatic N) is 1. The Morgan fingerprint density at radius 1 is 1.07 bits per heavy atom. The van der Waals surface area contributed by atoms with Crippen LogP contribution in [0.15, 0.2) is 16.8 Å². The standard InChI is InChI=1S/C12H24N2/c1-9(2)12(7-13-10(3)4)8-14-11(5)6/h7-11,13H,1-6H3/b12-7+,14-8?. The Bertz CT molecular complexity index is 200. The zero-order valence-electron chi connectivity index (χ0n) is 10.3. The lowest BCUT2D eigenvalue weighted by Crippen LogP contribution is -2.17. The molecule has 0 aromatic rings. The largest absolute Gasteiger partial charge is 0.388 e. The normalized spacial score (nSPS) is 13.6. The summed E-state index contributed by atoms with van der Waals surface area (Å²) in [5.41, 5.74) is 1.26. The van der Waals surface area contributed by atoms with E-state index in [-0.39, 0.29) is 0 Å². The molecule has 0 aliphatic carbocycles. The van der Waals surface area contributed by atoms with Crippen LogP contribution in [0.25, 0.3) is 0 Å². The summed E-state index contributed by atoms with van der Waals surface area (Å²) in [4.78, 5) is 4.39. The number of allylic oxidation sites excluding steroid dienone is 1. The molecule has 2 heteroatoms. The quantitative estimate of drug-likeness (QED) is 0.672. The molecular formula is C12H24N2. The van der Waals surface area contributed by atoms with Crippen LogP contribution in [0.4, 0.5) is 0 Å². The van der Waals surface area contributed by atoms with Gasteiger partial charge in [-0.2, -0.15) is 0 Å². The van der Waals surface area contributed by atoms with E-state index >= 15 is 0 Å². The van der Waals surface area contributed by atoms with Crippen molar-refractivity contribution in [2.75, 3.05) is 0 Å². The van der Waals surface area contributed by atoms with E-state index in [1.165, 1.54) is 5.57 Å². The van der Waals surface area contributed by atoms with Gasteiger partial charge in [0, 0.05) is 24.5 Å². The van der Waals surface area contributed by atoms with Crippen molar-refractivity contribution in [3.63, 3.8) is 0 Å². The third kappa shape index (κ3) is 6.70. The van der Waals surface area contributed by atoms with Gasteiger partial charge in [-0.05, 0) is 39.2 Å². The van der Waals surface area contributed by atoms with Crippen LogP contribution in [-0.2, 0) is 0 Å². The van der Waals surface area contributed by atoms with Crippen LogP contribution < -0.4 is 5.32 Å². The lowest BCUT2D eigenvalue weighted by Gasteiger charge is -2.10. The van der Waals surface area contributed by atoms with Gasteiger partial charge in [0.2, 0.25) is 0 Å². The highest BCUT2D eigenvalue weighted by molar-refractivity contribution is 5.79. The monoisotopic (exact) mass is 196 g/mol. The van der Waals surface area contributed by atoms with E-state index in [1.807, 2.05) is 6.21 Å². The van der Waals surface area contributed by atoms with Gasteiger partial charge >= 0.3 is 0 Å². The molecule has 0 spiro atoms. The lowest BCUT2D eigenvalue weighted by molar-refractivity contribution is 0.687.